The first kappa shape index (κ1) is 14.4. The average molecular weight is 282 g/mol. The monoisotopic (exact) mass is 281 g/mol. The third kappa shape index (κ3) is 3.72. The third-order valence-electron chi connectivity index (χ3n) is 3.09. The van der Waals surface area contributed by atoms with Gasteiger partial charge in [-0.3, -0.25) is 0 Å². The molecule has 1 aromatic heterocycles. The van der Waals surface area contributed by atoms with Crippen molar-refractivity contribution in [2.75, 3.05) is 20.3 Å². The molecule has 0 aliphatic rings. The molecule has 0 bridgehead atoms. The first-order valence-corrected chi connectivity index (χ1v) is 7.03. The molecule has 2 rings (SSSR count). The zero-order chi connectivity index (χ0) is 13.7. The molecule has 0 fully saturated rings. The lowest BCUT2D eigenvalue weighted by Gasteiger charge is -2.15. The molecule has 1 unspecified atom stereocenters. The molecule has 0 amide bonds. The second-order valence-corrected chi connectivity index (χ2v) is 5.06. The Labute approximate surface area is 118 Å². The first-order chi connectivity index (χ1) is 9.24. The maximum Gasteiger partial charge on any atom is 0.134 e. The molecule has 1 atom stereocenters. The second-order valence-electron chi connectivity index (χ2n) is 4.62. The van der Waals surface area contributed by atoms with Crippen LogP contribution in [0.3, 0.4) is 0 Å². The number of fused-ring (bicyclic) bond motifs is 1. The molecule has 1 heterocycles. The van der Waals surface area contributed by atoms with Crippen molar-refractivity contribution in [1.82, 2.24) is 5.32 Å². The highest BCUT2D eigenvalue weighted by Gasteiger charge is 2.15. The molecule has 0 radical (unpaired) electrons. The number of hydrogen-bond donors (Lipinski definition) is 1. The zero-order valence-electron chi connectivity index (χ0n) is 11.4. The van der Waals surface area contributed by atoms with E-state index < -0.39 is 0 Å². The van der Waals surface area contributed by atoms with Crippen LogP contribution in [0.2, 0.25) is 5.02 Å². The summed E-state index contributed by atoms with van der Waals surface area (Å²) < 4.78 is 11.1. The zero-order valence-corrected chi connectivity index (χ0v) is 12.2. The van der Waals surface area contributed by atoms with Crippen LogP contribution in [0.15, 0.2) is 28.7 Å². The van der Waals surface area contributed by atoms with Gasteiger partial charge in [0.25, 0.3) is 0 Å². The van der Waals surface area contributed by atoms with E-state index >= 15 is 0 Å². The quantitative estimate of drug-likeness (QED) is 0.827. The van der Waals surface area contributed by atoms with Gasteiger partial charge in [0.05, 0.1) is 6.04 Å². The Balaban J connectivity index is 2.21. The number of methoxy groups -OCH3 is 1. The van der Waals surface area contributed by atoms with Crippen molar-refractivity contribution in [2.24, 2.45) is 0 Å². The van der Waals surface area contributed by atoms with E-state index in [1.54, 1.807) is 7.11 Å². The van der Waals surface area contributed by atoms with Crippen molar-refractivity contribution in [2.45, 2.75) is 25.8 Å². The minimum atomic E-state index is 0.186. The summed E-state index contributed by atoms with van der Waals surface area (Å²) in [5.74, 6) is 0.947. The Bertz CT molecular complexity index is 516. The van der Waals surface area contributed by atoms with Gasteiger partial charge in [0.15, 0.2) is 0 Å². The van der Waals surface area contributed by atoms with Gasteiger partial charge in [-0.15, -0.1) is 0 Å². The van der Waals surface area contributed by atoms with Crippen LogP contribution in [-0.4, -0.2) is 20.3 Å². The van der Waals surface area contributed by atoms with Crippen LogP contribution in [0.1, 0.15) is 31.6 Å². The fourth-order valence-electron chi connectivity index (χ4n) is 2.11. The number of furan rings is 1. The van der Waals surface area contributed by atoms with Gasteiger partial charge in [-0.1, -0.05) is 18.5 Å². The molecule has 0 aliphatic heterocycles. The van der Waals surface area contributed by atoms with Gasteiger partial charge < -0.3 is 14.5 Å². The lowest BCUT2D eigenvalue weighted by molar-refractivity contribution is 0.179. The van der Waals surface area contributed by atoms with E-state index in [2.05, 4.69) is 18.3 Å². The van der Waals surface area contributed by atoms with Crippen molar-refractivity contribution in [3.05, 3.63) is 35.0 Å². The predicted octanol–water partition coefficient (Wildman–Crippen LogP) is 4.16. The summed E-state index contributed by atoms with van der Waals surface area (Å²) in [6.45, 7) is 3.82. The molecule has 0 aliphatic carbocycles. The highest BCUT2D eigenvalue weighted by Crippen LogP contribution is 2.27. The predicted molar refractivity (Wildman–Crippen MR) is 78.8 cm³/mol. The molecule has 4 heteroatoms. The molecular weight excluding hydrogens is 262 g/mol. The summed E-state index contributed by atoms with van der Waals surface area (Å²) >= 11 is 6.00. The minimum Gasteiger partial charge on any atom is -0.459 e. The molecule has 19 heavy (non-hydrogen) atoms. The molecule has 0 spiro atoms. The van der Waals surface area contributed by atoms with E-state index in [9.17, 15) is 0 Å². The van der Waals surface area contributed by atoms with Crippen LogP contribution in [-0.2, 0) is 4.74 Å². The number of ether oxygens (including phenoxy) is 1. The van der Waals surface area contributed by atoms with Crippen LogP contribution in [0, 0.1) is 0 Å². The van der Waals surface area contributed by atoms with Gasteiger partial charge >= 0.3 is 0 Å². The molecule has 0 saturated heterocycles. The Morgan fingerprint density at radius 3 is 2.95 bits per heavy atom. The Kier molecular flexibility index (Phi) is 5.25. The number of rotatable bonds is 7. The highest BCUT2D eigenvalue weighted by molar-refractivity contribution is 6.31. The van der Waals surface area contributed by atoms with E-state index in [1.165, 1.54) is 0 Å². The van der Waals surface area contributed by atoms with Crippen LogP contribution >= 0.6 is 11.6 Å². The summed E-state index contributed by atoms with van der Waals surface area (Å²) in [5, 5.41) is 5.27. The van der Waals surface area contributed by atoms with Crippen molar-refractivity contribution in [1.29, 1.82) is 0 Å². The van der Waals surface area contributed by atoms with Gasteiger partial charge in [0.2, 0.25) is 0 Å². The number of hydrogen-bond acceptors (Lipinski definition) is 3. The highest BCUT2D eigenvalue weighted by atomic mass is 35.5. The molecule has 1 aromatic carbocycles. The molecule has 0 saturated carbocycles. The lowest BCUT2D eigenvalue weighted by Crippen LogP contribution is -2.22. The van der Waals surface area contributed by atoms with Crippen LogP contribution in [0.5, 0.6) is 0 Å². The summed E-state index contributed by atoms with van der Waals surface area (Å²) in [6, 6.07) is 7.93. The third-order valence-corrected chi connectivity index (χ3v) is 3.33. The normalized spacial score (nSPS) is 13.0. The Morgan fingerprint density at radius 1 is 1.37 bits per heavy atom. The van der Waals surface area contributed by atoms with E-state index in [0.717, 1.165) is 41.1 Å². The Morgan fingerprint density at radius 2 is 2.21 bits per heavy atom. The van der Waals surface area contributed by atoms with E-state index in [-0.39, 0.29) is 6.04 Å². The standard InChI is InChI=1S/C15H20ClNO2/c1-3-7-17-13(6-8-18-2)15-10-11-9-12(16)4-5-14(11)19-15/h4-5,9-10,13,17H,3,6-8H2,1-2H3. The number of halogens is 1. The van der Waals surface area contributed by atoms with E-state index in [4.69, 9.17) is 20.8 Å². The lowest BCUT2D eigenvalue weighted by atomic mass is 10.1. The number of nitrogens with one attached hydrogen (secondary N) is 1. The molecule has 3 nitrogen and oxygen atoms in total. The van der Waals surface area contributed by atoms with Crippen LogP contribution in [0.25, 0.3) is 11.0 Å². The maximum atomic E-state index is 6.00. The molecule has 1 N–H and O–H groups in total. The van der Waals surface area contributed by atoms with Crippen molar-refractivity contribution in [3.8, 4) is 0 Å². The molecular formula is C15H20ClNO2. The van der Waals surface area contributed by atoms with E-state index in [0.29, 0.717) is 6.61 Å². The molecule has 2 aromatic rings. The van der Waals surface area contributed by atoms with E-state index in [1.807, 2.05) is 18.2 Å². The SMILES string of the molecule is CCCNC(CCOC)c1cc2cc(Cl)ccc2o1. The fraction of sp³-hybridized carbons (Fsp3) is 0.467. The van der Waals surface area contributed by atoms with Crippen molar-refractivity contribution >= 4 is 22.6 Å². The smallest absolute Gasteiger partial charge is 0.134 e. The summed E-state index contributed by atoms with van der Waals surface area (Å²) in [7, 11) is 1.72. The average Bonchev–Trinajstić information content (AvgIpc) is 2.81. The van der Waals surface area contributed by atoms with Gasteiger partial charge in [0, 0.05) is 24.1 Å². The Hall–Kier alpha value is -1.03. The second kappa shape index (κ2) is 6.94. The van der Waals surface area contributed by atoms with Gasteiger partial charge in [-0.2, -0.15) is 0 Å². The van der Waals surface area contributed by atoms with Crippen molar-refractivity contribution < 1.29 is 9.15 Å². The number of benzene rings is 1. The van der Waals surface area contributed by atoms with Crippen molar-refractivity contribution in [3.63, 3.8) is 0 Å². The van der Waals surface area contributed by atoms with Gasteiger partial charge in [-0.05, 0) is 43.7 Å². The summed E-state index contributed by atoms with van der Waals surface area (Å²) in [6.07, 6.45) is 1.99. The maximum absolute atomic E-state index is 6.00. The largest absolute Gasteiger partial charge is 0.459 e. The van der Waals surface area contributed by atoms with Gasteiger partial charge in [0.1, 0.15) is 11.3 Å². The van der Waals surface area contributed by atoms with Gasteiger partial charge in [-0.25, -0.2) is 0 Å². The minimum absolute atomic E-state index is 0.186. The topological polar surface area (TPSA) is 34.4 Å². The van der Waals surface area contributed by atoms with Crippen LogP contribution < -0.4 is 5.32 Å². The van der Waals surface area contributed by atoms with Crippen LogP contribution in [0.4, 0.5) is 0 Å². The summed E-state index contributed by atoms with van der Waals surface area (Å²) in [5.41, 5.74) is 0.875. The summed E-state index contributed by atoms with van der Waals surface area (Å²) in [4.78, 5) is 0. The first-order valence-electron chi connectivity index (χ1n) is 6.66. The molecule has 104 valence electrons. The fourth-order valence-corrected chi connectivity index (χ4v) is 2.29.